The number of hydrogen-bond donors (Lipinski definition) is 0. The Morgan fingerprint density at radius 2 is 1.37 bits per heavy atom. The van der Waals surface area contributed by atoms with Crippen molar-refractivity contribution in [1.82, 2.24) is 0 Å². The molecule has 0 N–H and O–H groups in total. The molecule has 2 aliphatic rings. The molecule has 27 heavy (non-hydrogen) atoms. The van der Waals surface area contributed by atoms with Crippen LogP contribution in [0.2, 0.25) is 0 Å². The molecule has 0 aliphatic heterocycles. The van der Waals surface area contributed by atoms with E-state index in [-0.39, 0.29) is 15.3 Å². The van der Waals surface area contributed by atoms with Crippen LogP contribution in [0, 0.1) is 7.43 Å². The summed E-state index contributed by atoms with van der Waals surface area (Å²) >= 11 is -1.61. The normalized spacial score (nSPS) is 18.9. The van der Waals surface area contributed by atoms with E-state index in [0.29, 0.717) is 0 Å². The quantitative estimate of drug-likeness (QED) is 0.208. The third-order valence-electron chi connectivity index (χ3n) is 5.79. The van der Waals surface area contributed by atoms with Gasteiger partial charge >= 0.3 is 73.4 Å². The zero-order valence-electron chi connectivity index (χ0n) is 17.2. The topological polar surface area (TPSA) is 0 Å². The average molecular weight is 519 g/mol. The number of benzene rings is 1. The van der Waals surface area contributed by atoms with E-state index in [9.17, 15) is 0 Å². The summed E-state index contributed by atoms with van der Waals surface area (Å²) in [4.78, 5) is 0. The summed E-state index contributed by atoms with van der Waals surface area (Å²) in [6, 6.07) is 9.89. The second-order valence-corrected chi connectivity index (χ2v) is 16.7. The van der Waals surface area contributed by atoms with Gasteiger partial charge in [0, 0.05) is 7.92 Å². The zero-order chi connectivity index (χ0) is 18.6. The summed E-state index contributed by atoms with van der Waals surface area (Å²) in [5.41, 5.74) is 3.54. The van der Waals surface area contributed by atoms with Crippen LogP contribution in [-0.4, -0.2) is 22.1 Å². The van der Waals surface area contributed by atoms with Crippen molar-refractivity contribution in [3.05, 3.63) is 43.3 Å². The average Bonchev–Trinajstić information content (AvgIpc) is 2.68. The van der Waals surface area contributed by atoms with Crippen LogP contribution in [0.25, 0.3) is 0 Å². The van der Waals surface area contributed by atoms with Gasteiger partial charge in [0.25, 0.3) is 0 Å². The van der Waals surface area contributed by atoms with Crippen molar-refractivity contribution < 1.29 is 13.5 Å². The van der Waals surface area contributed by atoms with Crippen molar-refractivity contribution in [1.29, 1.82) is 0 Å². The molecule has 4 heteroatoms. The van der Waals surface area contributed by atoms with E-state index >= 15 is 0 Å². The molecule has 2 aliphatic carbocycles. The van der Waals surface area contributed by atoms with Gasteiger partial charge in [0.05, 0.1) is 17.5 Å². The molecular weight excluding hydrogens is 479 g/mol. The number of hydrogen-bond acceptors (Lipinski definition) is 0. The Hall–Kier alpha value is 0.723. The van der Waals surface area contributed by atoms with E-state index in [0.717, 1.165) is 5.56 Å². The number of rotatable bonds is 5. The Morgan fingerprint density at radius 1 is 0.889 bits per heavy atom. The van der Waals surface area contributed by atoms with Crippen LogP contribution >= 0.6 is 27.3 Å². The van der Waals surface area contributed by atoms with E-state index in [1.807, 2.05) is 34.9 Å². The van der Waals surface area contributed by atoms with Gasteiger partial charge in [0.2, 0.25) is 0 Å². The van der Waals surface area contributed by atoms with Crippen molar-refractivity contribution in [2.24, 2.45) is 0 Å². The van der Waals surface area contributed by atoms with Gasteiger partial charge in [-0.25, -0.2) is 0 Å². The molecule has 158 valence electrons. The first-order chi connectivity index (χ1) is 12.7. The summed E-state index contributed by atoms with van der Waals surface area (Å²) in [7, 11) is 11.3. The molecule has 1 aromatic carbocycles. The Balaban J connectivity index is 0.000000288. The molecule has 0 saturated heterocycles. The molecule has 1 aromatic rings. The molecule has 0 unspecified atom stereocenters. The Bertz CT molecular complexity index is 486. The van der Waals surface area contributed by atoms with Gasteiger partial charge in [-0.1, -0.05) is 19.8 Å². The molecular formula is C23H39Cl2PRu. The SMILES string of the molecule is CCC[PH+](C1CCCCC1)C1CCCCC1.[CH3-].[Cl][Ru]([Cl])=[CH]c1ccccc1. The monoisotopic (exact) mass is 518 g/mol. The van der Waals surface area contributed by atoms with E-state index in [2.05, 4.69) is 6.92 Å². The first kappa shape index (κ1) is 25.8. The molecule has 0 atom stereocenters. The van der Waals surface area contributed by atoms with Crippen LogP contribution in [0.1, 0.15) is 83.1 Å². The van der Waals surface area contributed by atoms with Gasteiger partial charge in [-0.05, 0) is 57.8 Å². The van der Waals surface area contributed by atoms with Crippen molar-refractivity contribution in [2.75, 3.05) is 6.16 Å². The summed E-state index contributed by atoms with van der Waals surface area (Å²) in [5, 5.41) is 0. The summed E-state index contributed by atoms with van der Waals surface area (Å²) in [6.45, 7) is 2.41. The van der Waals surface area contributed by atoms with E-state index in [4.69, 9.17) is 19.4 Å². The molecule has 0 amide bonds. The fourth-order valence-electron chi connectivity index (χ4n) is 4.59. The van der Waals surface area contributed by atoms with E-state index in [1.165, 1.54) is 30.6 Å². The van der Waals surface area contributed by atoms with Gasteiger partial charge in [0.15, 0.2) is 0 Å². The molecule has 3 rings (SSSR count). The van der Waals surface area contributed by atoms with Gasteiger partial charge in [-0.15, -0.1) is 0 Å². The van der Waals surface area contributed by atoms with E-state index in [1.54, 1.807) is 57.5 Å². The molecule has 2 saturated carbocycles. The predicted octanol–water partition coefficient (Wildman–Crippen LogP) is 8.49. The van der Waals surface area contributed by atoms with Gasteiger partial charge in [-0.2, -0.15) is 0 Å². The maximum atomic E-state index is 5.67. The first-order valence-electron chi connectivity index (χ1n) is 10.4. The second-order valence-electron chi connectivity index (χ2n) is 7.71. The minimum atomic E-state index is -1.61. The second kappa shape index (κ2) is 15.5. The third-order valence-corrected chi connectivity index (χ3v) is 12.0. The molecule has 0 heterocycles. The third kappa shape index (κ3) is 10.4. The van der Waals surface area contributed by atoms with Crippen molar-refractivity contribution in [3.8, 4) is 0 Å². The Labute approximate surface area is 183 Å². The van der Waals surface area contributed by atoms with Gasteiger partial charge in [-0.3, -0.25) is 0 Å². The molecule has 0 spiro atoms. The molecule has 0 nitrogen and oxygen atoms in total. The standard InChI is InChI=1S/C15H29P.C7H6.CH3.2ClH.Ru/c1-2-13-16(14-9-5-3-6-10-14)15-11-7-4-8-12-15;1-7-5-3-2-4-6-7;;;;/h14-15H,2-13H2,1H3;1-6H;1H3;2*1H;/q;;-1;;;+2/p-1. The molecule has 0 bridgehead atoms. The van der Waals surface area contributed by atoms with Crippen LogP contribution in [0.15, 0.2) is 30.3 Å². The van der Waals surface area contributed by atoms with Crippen LogP contribution in [0.3, 0.4) is 0 Å². The fraction of sp³-hybridized carbons (Fsp3) is 0.652. The predicted molar refractivity (Wildman–Crippen MR) is 127 cm³/mol. The van der Waals surface area contributed by atoms with Crippen molar-refractivity contribution >= 4 is 31.9 Å². The van der Waals surface area contributed by atoms with Gasteiger partial charge in [0.1, 0.15) is 0 Å². The Morgan fingerprint density at radius 3 is 1.78 bits per heavy atom. The van der Waals surface area contributed by atoms with Crippen LogP contribution < -0.4 is 0 Å². The van der Waals surface area contributed by atoms with Crippen LogP contribution in [0.5, 0.6) is 0 Å². The molecule has 0 radical (unpaired) electrons. The molecule has 0 aromatic heterocycles. The van der Waals surface area contributed by atoms with E-state index < -0.39 is 13.5 Å². The van der Waals surface area contributed by atoms with Crippen LogP contribution in [0.4, 0.5) is 0 Å². The minimum absolute atomic E-state index is 0. The Kier molecular flexibility index (Phi) is 14.8. The zero-order valence-corrected chi connectivity index (χ0v) is 21.5. The summed E-state index contributed by atoms with van der Waals surface area (Å²) in [6.07, 6.45) is 18.8. The summed E-state index contributed by atoms with van der Waals surface area (Å²) in [5.74, 6) is 0. The fourth-order valence-corrected chi connectivity index (χ4v) is 10.8. The van der Waals surface area contributed by atoms with Crippen molar-refractivity contribution in [2.45, 2.75) is 88.9 Å². The number of halogens is 2. The van der Waals surface area contributed by atoms with Crippen molar-refractivity contribution in [3.63, 3.8) is 0 Å². The first-order valence-corrected chi connectivity index (χ1v) is 17.8. The summed E-state index contributed by atoms with van der Waals surface area (Å²) < 4.78 is 1.92. The van der Waals surface area contributed by atoms with Gasteiger partial charge < -0.3 is 7.43 Å². The van der Waals surface area contributed by atoms with Crippen LogP contribution in [-0.2, 0) is 13.5 Å². The molecule has 2 fully saturated rings. The maximum absolute atomic E-state index is 5.67.